The summed E-state index contributed by atoms with van der Waals surface area (Å²) < 4.78 is 5.10. The molecule has 0 bridgehead atoms. The first-order valence-corrected chi connectivity index (χ1v) is 8.19. The molecule has 2 aromatic heterocycles. The number of nitrogens with one attached hydrogen (secondary N) is 3. The number of hydrogen-bond donors (Lipinski definition) is 3. The van der Waals surface area contributed by atoms with Crippen LogP contribution in [0.15, 0.2) is 22.1 Å². The van der Waals surface area contributed by atoms with E-state index in [4.69, 9.17) is 4.42 Å². The third kappa shape index (κ3) is 5.19. The maximum atomic E-state index is 12.0. The van der Waals surface area contributed by atoms with Crippen molar-refractivity contribution in [3.8, 4) is 0 Å². The van der Waals surface area contributed by atoms with Gasteiger partial charge in [-0.3, -0.25) is 14.9 Å². The van der Waals surface area contributed by atoms with Gasteiger partial charge in [0.15, 0.2) is 5.13 Å². The van der Waals surface area contributed by atoms with Crippen molar-refractivity contribution in [3.05, 3.63) is 34.7 Å². The second-order valence-electron chi connectivity index (χ2n) is 4.97. The highest BCUT2D eigenvalue weighted by molar-refractivity contribution is 7.14. The van der Waals surface area contributed by atoms with Crippen LogP contribution in [0.3, 0.4) is 0 Å². The van der Waals surface area contributed by atoms with Gasteiger partial charge in [0.2, 0.25) is 5.91 Å². The summed E-state index contributed by atoms with van der Waals surface area (Å²) in [6, 6.07) is 1.61. The van der Waals surface area contributed by atoms with Crippen molar-refractivity contribution in [2.45, 2.75) is 19.8 Å². The van der Waals surface area contributed by atoms with E-state index in [0.717, 1.165) is 13.0 Å². The molecule has 0 saturated heterocycles. The number of aromatic nitrogens is 1. The summed E-state index contributed by atoms with van der Waals surface area (Å²) in [4.78, 5) is 28.1. The Morgan fingerprint density at radius 2 is 2.17 bits per heavy atom. The molecule has 0 spiro atoms. The zero-order valence-corrected chi connectivity index (χ0v) is 14.0. The van der Waals surface area contributed by atoms with Gasteiger partial charge in [0.1, 0.15) is 5.76 Å². The minimum absolute atomic E-state index is 0.0741. The minimum Gasteiger partial charge on any atom is -0.469 e. The summed E-state index contributed by atoms with van der Waals surface area (Å²) in [6.45, 7) is 3.22. The lowest BCUT2D eigenvalue weighted by Gasteiger charge is -2.03. The van der Waals surface area contributed by atoms with Crippen LogP contribution in [0.1, 0.15) is 28.2 Å². The molecule has 3 N–H and O–H groups in total. The summed E-state index contributed by atoms with van der Waals surface area (Å²) in [7, 11) is 1.87. The van der Waals surface area contributed by atoms with Gasteiger partial charge in [-0.2, -0.15) is 0 Å². The fourth-order valence-corrected chi connectivity index (χ4v) is 2.66. The highest BCUT2D eigenvalue weighted by Crippen LogP contribution is 2.18. The van der Waals surface area contributed by atoms with Crippen molar-refractivity contribution in [2.75, 3.05) is 25.5 Å². The molecule has 0 saturated carbocycles. The van der Waals surface area contributed by atoms with E-state index in [1.54, 1.807) is 18.4 Å². The Kier molecular flexibility index (Phi) is 6.30. The first kappa shape index (κ1) is 17.2. The van der Waals surface area contributed by atoms with E-state index in [9.17, 15) is 9.59 Å². The van der Waals surface area contributed by atoms with Gasteiger partial charge in [-0.05, 0) is 33.0 Å². The van der Waals surface area contributed by atoms with E-state index in [1.807, 2.05) is 7.05 Å². The van der Waals surface area contributed by atoms with Crippen LogP contribution in [0.25, 0.3) is 0 Å². The van der Waals surface area contributed by atoms with Crippen LogP contribution in [0.5, 0.6) is 0 Å². The van der Waals surface area contributed by atoms with Gasteiger partial charge in [0, 0.05) is 11.9 Å². The van der Waals surface area contributed by atoms with Crippen molar-refractivity contribution in [3.63, 3.8) is 0 Å². The predicted molar refractivity (Wildman–Crippen MR) is 88.8 cm³/mol. The van der Waals surface area contributed by atoms with Gasteiger partial charge in [-0.25, -0.2) is 4.98 Å². The summed E-state index contributed by atoms with van der Waals surface area (Å²) in [5, 5.41) is 10.8. The normalized spacial score (nSPS) is 10.5. The van der Waals surface area contributed by atoms with Crippen molar-refractivity contribution < 1.29 is 14.0 Å². The molecule has 2 amide bonds. The van der Waals surface area contributed by atoms with Crippen molar-refractivity contribution in [1.82, 2.24) is 15.6 Å². The number of furan rings is 1. The van der Waals surface area contributed by atoms with E-state index < -0.39 is 0 Å². The van der Waals surface area contributed by atoms with E-state index in [-0.39, 0.29) is 18.2 Å². The number of rotatable bonds is 8. The van der Waals surface area contributed by atoms with Crippen LogP contribution >= 0.6 is 11.3 Å². The Balaban J connectivity index is 1.82. The fourth-order valence-electron chi connectivity index (χ4n) is 1.95. The standard InChI is InChI=1S/C15H20N4O3S/c1-10-12(4-7-22-10)14(21)19-15-18-11(9-23-15)8-13(20)17-6-3-5-16-2/h4,7,9,16H,3,5-6,8H2,1-2H3,(H,17,20)(H,18,19,21). The molecular weight excluding hydrogens is 316 g/mol. The second-order valence-corrected chi connectivity index (χ2v) is 5.83. The monoisotopic (exact) mass is 336 g/mol. The summed E-state index contributed by atoms with van der Waals surface area (Å²) in [5.74, 6) is 0.212. The molecule has 7 nitrogen and oxygen atoms in total. The number of nitrogens with zero attached hydrogens (tertiary/aromatic N) is 1. The SMILES string of the molecule is CNCCCNC(=O)Cc1csc(NC(=O)c2ccoc2C)n1. The Morgan fingerprint density at radius 1 is 1.35 bits per heavy atom. The van der Waals surface area contributed by atoms with Crippen LogP contribution in [0, 0.1) is 6.92 Å². The van der Waals surface area contributed by atoms with Crippen LogP contribution < -0.4 is 16.0 Å². The fraction of sp³-hybridized carbons (Fsp3) is 0.400. The summed E-state index contributed by atoms with van der Waals surface area (Å²) in [6.07, 6.45) is 2.55. The third-order valence-electron chi connectivity index (χ3n) is 3.14. The van der Waals surface area contributed by atoms with Gasteiger partial charge in [0.25, 0.3) is 5.91 Å². The number of amides is 2. The molecule has 23 heavy (non-hydrogen) atoms. The Hall–Kier alpha value is -2.19. The van der Waals surface area contributed by atoms with E-state index in [1.165, 1.54) is 17.6 Å². The highest BCUT2D eigenvalue weighted by atomic mass is 32.1. The molecule has 0 aromatic carbocycles. The minimum atomic E-state index is -0.270. The first-order chi connectivity index (χ1) is 11.1. The molecule has 0 radical (unpaired) electrons. The van der Waals surface area contributed by atoms with E-state index in [2.05, 4.69) is 20.9 Å². The first-order valence-electron chi connectivity index (χ1n) is 7.31. The Morgan fingerprint density at radius 3 is 2.87 bits per heavy atom. The average molecular weight is 336 g/mol. The summed E-state index contributed by atoms with van der Waals surface area (Å²) >= 11 is 1.29. The molecule has 0 fully saturated rings. The van der Waals surface area contributed by atoms with Gasteiger partial charge >= 0.3 is 0 Å². The van der Waals surface area contributed by atoms with Gasteiger partial charge in [0.05, 0.1) is 23.9 Å². The number of anilines is 1. The molecule has 2 heterocycles. The lowest BCUT2D eigenvalue weighted by atomic mass is 10.2. The topological polar surface area (TPSA) is 96.3 Å². The second kappa shape index (κ2) is 8.44. The maximum absolute atomic E-state index is 12.0. The number of aryl methyl sites for hydroxylation is 1. The molecule has 0 aliphatic heterocycles. The van der Waals surface area contributed by atoms with Crippen LogP contribution in [0.4, 0.5) is 5.13 Å². The lowest BCUT2D eigenvalue weighted by molar-refractivity contribution is -0.120. The molecular formula is C15H20N4O3S. The van der Waals surface area contributed by atoms with Crippen molar-refractivity contribution >= 4 is 28.3 Å². The molecule has 8 heteroatoms. The molecule has 124 valence electrons. The predicted octanol–water partition coefficient (Wildman–Crippen LogP) is 1.57. The smallest absolute Gasteiger partial charge is 0.260 e. The molecule has 0 unspecified atom stereocenters. The number of carbonyl (C=O) groups is 2. The number of carbonyl (C=O) groups excluding carboxylic acids is 2. The maximum Gasteiger partial charge on any atom is 0.260 e. The van der Waals surface area contributed by atoms with Gasteiger partial charge in [-0.1, -0.05) is 0 Å². The van der Waals surface area contributed by atoms with E-state index >= 15 is 0 Å². The van der Waals surface area contributed by atoms with Crippen LogP contribution in [-0.2, 0) is 11.2 Å². The lowest BCUT2D eigenvalue weighted by Crippen LogP contribution is -2.28. The quantitative estimate of drug-likeness (QED) is 0.636. The molecule has 0 atom stereocenters. The largest absolute Gasteiger partial charge is 0.469 e. The highest BCUT2D eigenvalue weighted by Gasteiger charge is 2.14. The zero-order valence-electron chi connectivity index (χ0n) is 13.1. The van der Waals surface area contributed by atoms with Gasteiger partial charge in [-0.15, -0.1) is 11.3 Å². The molecule has 2 aromatic rings. The van der Waals surface area contributed by atoms with Crippen LogP contribution in [0.2, 0.25) is 0 Å². The number of thiazole rings is 1. The average Bonchev–Trinajstić information content (AvgIpc) is 3.12. The number of hydrogen-bond acceptors (Lipinski definition) is 6. The Labute approximate surface area is 138 Å². The van der Waals surface area contributed by atoms with Gasteiger partial charge < -0.3 is 15.1 Å². The Bertz CT molecular complexity index is 665. The summed E-state index contributed by atoms with van der Waals surface area (Å²) in [5.41, 5.74) is 1.12. The zero-order chi connectivity index (χ0) is 16.7. The molecule has 2 rings (SSSR count). The van der Waals surface area contributed by atoms with Crippen LogP contribution in [-0.4, -0.2) is 36.9 Å². The van der Waals surface area contributed by atoms with E-state index in [0.29, 0.717) is 28.7 Å². The molecule has 0 aliphatic carbocycles. The third-order valence-corrected chi connectivity index (χ3v) is 3.95. The van der Waals surface area contributed by atoms with Crippen molar-refractivity contribution in [2.24, 2.45) is 0 Å². The van der Waals surface area contributed by atoms with Crippen molar-refractivity contribution in [1.29, 1.82) is 0 Å². The molecule has 0 aliphatic rings.